The molecule has 0 atom stereocenters. The Bertz CT molecular complexity index is 807. The van der Waals surface area contributed by atoms with Crippen molar-refractivity contribution in [2.75, 3.05) is 13.1 Å². The van der Waals surface area contributed by atoms with E-state index in [2.05, 4.69) is 25.1 Å². The Labute approximate surface area is 145 Å². The minimum Gasteiger partial charge on any atom is -0.299 e. The summed E-state index contributed by atoms with van der Waals surface area (Å²) in [6.45, 7) is 2.88. The first-order valence-electron chi connectivity index (χ1n) is 8.57. The zero-order valence-corrected chi connectivity index (χ0v) is 13.9. The molecule has 3 heterocycles. The third-order valence-electron chi connectivity index (χ3n) is 4.73. The van der Waals surface area contributed by atoms with Gasteiger partial charge in [0.25, 0.3) is 0 Å². The number of rotatable bonds is 4. The molecule has 0 amide bonds. The minimum absolute atomic E-state index is 0.183. The molecule has 0 unspecified atom stereocenters. The first kappa shape index (κ1) is 15.9. The number of pyridine rings is 1. The van der Waals surface area contributed by atoms with Crippen molar-refractivity contribution in [2.24, 2.45) is 0 Å². The summed E-state index contributed by atoms with van der Waals surface area (Å²) in [5.74, 6) is 1.92. The molecule has 6 heteroatoms. The lowest BCUT2D eigenvalue weighted by Crippen LogP contribution is -2.32. The second kappa shape index (κ2) is 7.11. The highest BCUT2D eigenvalue weighted by atomic mass is 19.1. The normalized spacial score (nSPS) is 16.2. The third kappa shape index (κ3) is 3.74. The number of benzene rings is 1. The fourth-order valence-corrected chi connectivity index (χ4v) is 3.30. The molecule has 1 aromatic carbocycles. The molecular formula is C19H20FN5. The maximum absolute atomic E-state index is 13.0. The molecule has 5 nitrogen and oxygen atoms in total. The molecule has 3 aromatic rings. The van der Waals surface area contributed by atoms with Gasteiger partial charge in [0.1, 0.15) is 11.6 Å². The molecule has 0 saturated carbocycles. The predicted molar refractivity (Wildman–Crippen MR) is 93.3 cm³/mol. The van der Waals surface area contributed by atoms with E-state index in [0.29, 0.717) is 5.92 Å². The Morgan fingerprint density at radius 1 is 1.04 bits per heavy atom. The van der Waals surface area contributed by atoms with Crippen LogP contribution >= 0.6 is 0 Å². The molecule has 2 aromatic heterocycles. The molecule has 0 spiro atoms. The molecule has 0 bridgehead atoms. The maximum Gasteiger partial charge on any atom is 0.181 e. The van der Waals surface area contributed by atoms with Crippen LogP contribution in [0.15, 0.2) is 48.8 Å². The van der Waals surface area contributed by atoms with Gasteiger partial charge >= 0.3 is 0 Å². The Morgan fingerprint density at radius 3 is 2.48 bits per heavy atom. The van der Waals surface area contributed by atoms with Crippen molar-refractivity contribution >= 4 is 0 Å². The van der Waals surface area contributed by atoms with Gasteiger partial charge in [0.05, 0.1) is 0 Å². The SMILES string of the molecule is Fc1ccc(CN2CCC(c3nc(-c4ccncc4)n[nH]3)CC2)cc1. The van der Waals surface area contributed by atoms with Crippen molar-refractivity contribution in [3.63, 3.8) is 0 Å². The predicted octanol–water partition coefficient (Wildman–Crippen LogP) is 3.39. The van der Waals surface area contributed by atoms with Gasteiger partial charge < -0.3 is 0 Å². The maximum atomic E-state index is 13.0. The van der Waals surface area contributed by atoms with Gasteiger partial charge in [-0.05, 0) is 55.8 Å². The van der Waals surface area contributed by atoms with Crippen molar-refractivity contribution in [1.29, 1.82) is 0 Å². The van der Waals surface area contributed by atoms with E-state index in [0.717, 1.165) is 55.3 Å². The van der Waals surface area contributed by atoms with E-state index < -0.39 is 0 Å². The van der Waals surface area contributed by atoms with Crippen LogP contribution in [-0.2, 0) is 6.54 Å². The van der Waals surface area contributed by atoms with E-state index in [1.807, 2.05) is 24.3 Å². The average Bonchev–Trinajstić information content (AvgIpc) is 3.15. The molecule has 4 rings (SSSR count). The molecule has 0 radical (unpaired) electrons. The lowest BCUT2D eigenvalue weighted by Gasteiger charge is -2.30. The molecule has 1 aliphatic heterocycles. The van der Waals surface area contributed by atoms with Crippen molar-refractivity contribution in [2.45, 2.75) is 25.3 Å². The number of nitrogens with one attached hydrogen (secondary N) is 1. The van der Waals surface area contributed by atoms with Crippen LogP contribution in [0.4, 0.5) is 4.39 Å². The number of H-pyrrole nitrogens is 1. The summed E-state index contributed by atoms with van der Waals surface area (Å²) >= 11 is 0. The standard InChI is InChI=1S/C19H20FN5/c20-17-3-1-14(2-4-17)13-25-11-7-16(8-12-25)19-22-18(23-24-19)15-5-9-21-10-6-15/h1-6,9-10,16H,7-8,11-13H2,(H,22,23,24). The number of hydrogen-bond acceptors (Lipinski definition) is 4. The minimum atomic E-state index is -0.183. The summed E-state index contributed by atoms with van der Waals surface area (Å²) in [6.07, 6.45) is 5.59. The zero-order chi connectivity index (χ0) is 17.1. The summed E-state index contributed by atoms with van der Waals surface area (Å²) in [6, 6.07) is 10.6. The fraction of sp³-hybridized carbons (Fsp3) is 0.316. The van der Waals surface area contributed by atoms with Crippen LogP contribution in [0.1, 0.15) is 30.1 Å². The average molecular weight is 337 g/mol. The van der Waals surface area contributed by atoms with E-state index in [4.69, 9.17) is 0 Å². The van der Waals surface area contributed by atoms with Gasteiger partial charge in [-0.3, -0.25) is 15.0 Å². The summed E-state index contributed by atoms with van der Waals surface area (Å²) in [4.78, 5) is 11.1. The molecule has 1 aliphatic rings. The highest BCUT2D eigenvalue weighted by Gasteiger charge is 2.23. The largest absolute Gasteiger partial charge is 0.299 e. The topological polar surface area (TPSA) is 57.7 Å². The number of nitrogens with zero attached hydrogens (tertiary/aromatic N) is 4. The highest BCUT2D eigenvalue weighted by Crippen LogP contribution is 2.27. The van der Waals surface area contributed by atoms with E-state index in [9.17, 15) is 4.39 Å². The third-order valence-corrected chi connectivity index (χ3v) is 4.73. The van der Waals surface area contributed by atoms with Gasteiger partial charge in [0.2, 0.25) is 0 Å². The van der Waals surface area contributed by atoms with Gasteiger partial charge in [0, 0.05) is 30.4 Å². The smallest absolute Gasteiger partial charge is 0.181 e. The van der Waals surface area contributed by atoms with Gasteiger partial charge in [-0.2, -0.15) is 5.10 Å². The summed E-state index contributed by atoms with van der Waals surface area (Å²) in [5.41, 5.74) is 2.13. The number of aromatic nitrogens is 4. The lowest BCUT2D eigenvalue weighted by molar-refractivity contribution is 0.202. The van der Waals surface area contributed by atoms with E-state index in [1.165, 1.54) is 12.1 Å². The molecule has 25 heavy (non-hydrogen) atoms. The van der Waals surface area contributed by atoms with Crippen LogP contribution in [0.2, 0.25) is 0 Å². The van der Waals surface area contributed by atoms with Crippen LogP contribution in [-0.4, -0.2) is 38.2 Å². The van der Waals surface area contributed by atoms with Gasteiger partial charge in [-0.15, -0.1) is 0 Å². The Kier molecular flexibility index (Phi) is 4.52. The van der Waals surface area contributed by atoms with Gasteiger partial charge in [-0.25, -0.2) is 9.37 Å². The number of hydrogen-bond donors (Lipinski definition) is 1. The van der Waals surface area contributed by atoms with Crippen molar-refractivity contribution in [3.05, 3.63) is 66.0 Å². The number of aromatic amines is 1. The first-order chi connectivity index (χ1) is 12.3. The zero-order valence-electron chi connectivity index (χ0n) is 13.9. The van der Waals surface area contributed by atoms with E-state index >= 15 is 0 Å². The Hall–Kier alpha value is -2.60. The summed E-state index contributed by atoms with van der Waals surface area (Å²) in [7, 11) is 0. The van der Waals surface area contributed by atoms with Gasteiger partial charge in [0.15, 0.2) is 5.82 Å². The molecule has 1 saturated heterocycles. The van der Waals surface area contributed by atoms with Gasteiger partial charge in [-0.1, -0.05) is 12.1 Å². The number of likely N-dealkylation sites (tertiary alicyclic amines) is 1. The molecule has 1 N–H and O–H groups in total. The van der Waals surface area contributed by atoms with E-state index in [-0.39, 0.29) is 5.82 Å². The quantitative estimate of drug-likeness (QED) is 0.793. The van der Waals surface area contributed by atoms with Crippen LogP contribution < -0.4 is 0 Å². The Morgan fingerprint density at radius 2 is 1.76 bits per heavy atom. The number of halogens is 1. The summed E-state index contributed by atoms with van der Waals surface area (Å²) < 4.78 is 13.0. The van der Waals surface area contributed by atoms with Crippen molar-refractivity contribution < 1.29 is 4.39 Å². The summed E-state index contributed by atoms with van der Waals surface area (Å²) in [5, 5.41) is 7.45. The van der Waals surface area contributed by atoms with Crippen LogP contribution in [0.5, 0.6) is 0 Å². The molecule has 0 aliphatic carbocycles. The van der Waals surface area contributed by atoms with Crippen molar-refractivity contribution in [1.82, 2.24) is 25.1 Å². The monoisotopic (exact) mass is 337 g/mol. The van der Waals surface area contributed by atoms with Crippen LogP contribution in [0.25, 0.3) is 11.4 Å². The molecular weight excluding hydrogens is 317 g/mol. The Balaban J connectivity index is 1.36. The fourth-order valence-electron chi connectivity index (χ4n) is 3.30. The number of piperidine rings is 1. The first-order valence-corrected chi connectivity index (χ1v) is 8.57. The second-order valence-electron chi connectivity index (χ2n) is 6.46. The van der Waals surface area contributed by atoms with E-state index in [1.54, 1.807) is 12.4 Å². The van der Waals surface area contributed by atoms with Crippen molar-refractivity contribution in [3.8, 4) is 11.4 Å². The lowest BCUT2D eigenvalue weighted by atomic mass is 9.96. The molecule has 1 fully saturated rings. The van der Waals surface area contributed by atoms with Crippen LogP contribution in [0.3, 0.4) is 0 Å². The van der Waals surface area contributed by atoms with Crippen LogP contribution in [0, 0.1) is 5.82 Å². The molecule has 128 valence electrons. The highest BCUT2D eigenvalue weighted by molar-refractivity contribution is 5.53. The second-order valence-corrected chi connectivity index (χ2v) is 6.46.